The molecule has 0 bridgehead atoms. The van der Waals surface area contributed by atoms with Crippen molar-refractivity contribution in [2.45, 2.75) is 6.92 Å². The highest BCUT2D eigenvalue weighted by molar-refractivity contribution is 5.96. The van der Waals surface area contributed by atoms with Crippen LogP contribution in [0.3, 0.4) is 0 Å². The predicted octanol–water partition coefficient (Wildman–Crippen LogP) is 3.11. The Kier molecular flexibility index (Phi) is 6.65. The topological polar surface area (TPSA) is 108 Å². The van der Waals surface area contributed by atoms with E-state index >= 15 is 0 Å². The van der Waals surface area contributed by atoms with Gasteiger partial charge < -0.3 is 14.8 Å². The molecule has 0 saturated carbocycles. The third kappa shape index (κ3) is 5.67. The van der Waals surface area contributed by atoms with Crippen LogP contribution in [0.1, 0.15) is 11.1 Å². The van der Waals surface area contributed by atoms with E-state index in [1.807, 2.05) is 0 Å². The van der Waals surface area contributed by atoms with E-state index in [2.05, 4.69) is 5.32 Å². The molecule has 1 N–H and O–H groups in total. The number of benzene rings is 2. The molecule has 140 valence electrons. The van der Waals surface area contributed by atoms with Crippen LogP contribution in [0.2, 0.25) is 0 Å². The van der Waals surface area contributed by atoms with E-state index in [0.29, 0.717) is 11.3 Å². The van der Waals surface area contributed by atoms with E-state index in [0.717, 1.165) is 5.56 Å². The highest BCUT2D eigenvalue weighted by Crippen LogP contribution is 2.27. The summed E-state index contributed by atoms with van der Waals surface area (Å²) in [4.78, 5) is 34.1. The van der Waals surface area contributed by atoms with Crippen molar-refractivity contribution >= 4 is 29.3 Å². The molecule has 0 atom stereocenters. The van der Waals surface area contributed by atoms with Gasteiger partial charge in [-0.25, -0.2) is 4.79 Å². The zero-order valence-electron chi connectivity index (χ0n) is 14.8. The van der Waals surface area contributed by atoms with Crippen molar-refractivity contribution in [3.05, 3.63) is 69.8 Å². The molecule has 2 rings (SSSR count). The molecule has 2 aromatic rings. The zero-order chi connectivity index (χ0) is 19.8. The predicted molar refractivity (Wildman–Crippen MR) is 99.5 cm³/mol. The lowest BCUT2D eigenvalue weighted by Crippen LogP contribution is -2.21. The number of hydrogen-bond acceptors (Lipinski definition) is 6. The van der Waals surface area contributed by atoms with Crippen LogP contribution < -0.4 is 10.1 Å². The molecule has 0 aliphatic rings. The summed E-state index contributed by atoms with van der Waals surface area (Å²) in [6.45, 7) is 1.07. The molecule has 0 aliphatic heterocycles. The summed E-state index contributed by atoms with van der Waals surface area (Å²) in [5, 5.41) is 13.4. The number of ether oxygens (including phenoxy) is 2. The lowest BCUT2D eigenvalue weighted by molar-refractivity contribution is -0.384. The number of rotatable bonds is 7. The Morgan fingerprint density at radius 2 is 1.96 bits per heavy atom. The molecule has 0 saturated heterocycles. The van der Waals surface area contributed by atoms with Gasteiger partial charge in [0.1, 0.15) is 11.4 Å². The van der Waals surface area contributed by atoms with Crippen LogP contribution in [0.15, 0.2) is 48.5 Å². The molecule has 0 aromatic heterocycles. The zero-order valence-corrected chi connectivity index (χ0v) is 14.8. The second kappa shape index (κ2) is 9.14. The van der Waals surface area contributed by atoms with E-state index in [4.69, 9.17) is 9.47 Å². The molecule has 0 fully saturated rings. The van der Waals surface area contributed by atoms with Gasteiger partial charge in [0.25, 0.3) is 11.6 Å². The van der Waals surface area contributed by atoms with Gasteiger partial charge in [-0.15, -0.1) is 0 Å². The SMILES string of the molecule is COc1cccc(/C=C/C(=O)OCC(=O)Nc2c(C)cccc2[N+](=O)[O-])c1. The Morgan fingerprint density at radius 3 is 2.67 bits per heavy atom. The lowest BCUT2D eigenvalue weighted by Gasteiger charge is -2.08. The number of nitro groups is 1. The Hall–Kier alpha value is -3.68. The first-order chi connectivity index (χ1) is 12.9. The number of methoxy groups -OCH3 is 1. The fraction of sp³-hybridized carbons (Fsp3) is 0.158. The van der Waals surface area contributed by atoms with Gasteiger partial charge in [0.05, 0.1) is 12.0 Å². The third-order valence-electron chi connectivity index (χ3n) is 3.56. The van der Waals surface area contributed by atoms with E-state index in [1.54, 1.807) is 37.3 Å². The van der Waals surface area contributed by atoms with Crippen molar-refractivity contribution < 1.29 is 24.0 Å². The molecule has 0 heterocycles. The number of amides is 1. The van der Waals surface area contributed by atoms with Gasteiger partial charge in [0, 0.05) is 12.1 Å². The van der Waals surface area contributed by atoms with Gasteiger partial charge in [-0.05, 0) is 36.3 Å². The maximum atomic E-state index is 12.0. The standard InChI is InChI=1S/C19H18N2O6/c1-13-5-3-8-16(21(24)25)19(13)20-17(22)12-27-18(23)10-9-14-6-4-7-15(11-14)26-2/h3-11H,12H2,1-2H3,(H,20,22)/b10-9+. The highest BCUT2D eigenvalue weighted by atomic mass is 16.6. The maximum absolute atomic E-state index is 12.0. The second-order valence-electron chi connectivity index (χ2n) is 5.49. The van der Waals surface area contributed by atoms with Crippen LogP contribution >= 0.6 is 0 Å². The number of esters is 1. The molecular weight excluding hydrogens is 352 g/mol. The number of nitrogens with zero attached hydrogens (tertiary/aromatic N) is 1. The minimum absolute atomic E-state index is 0.0791. The van der Waals surface area contributed by atoms with Crippen molar-refractivity contribution in [3.8, 4) is 5.75 Å². The average molecular weight is 370 g/mol. The van der Waals surface area contributed by atoms with Crippen molar-refractivity contribution in [1.82, 2.24) is 0 Å². The summed E-state index contributed by atoms with van der Waals surface area (Å²) in [7, 11) is 1.54. The molecule has 2 aromatic carbocycles. The van der Waals surface area contributed by atoms with Gasteiger partial charge in [-0.2, -0.15) is 0 Å². The van der Waals surface area contributed by atoms with Crippen LogP contribution in [-0.4, -0.2) is 30.5 Å². The van der Waals surface area contributed by atoms with Crippen LogP contribution in [0.25, 0.3) is 6.08 Å². The Morgan fingerprint density at radius 1 is 1.22 bits per heavy atom. The van der Waals surface area contributed by atoms with Crippen LogP contribution in [0.4, 0.5) is 11.4 Å². The summed E-state index contributed by atoms with van der Waals surface area (Å²) in [6, 6.07) is 11.5. The summed E-state index contributed by atoms with van der Waals surface area (Å²) in [5.74, 6) is -0.743. The van der Waals surface area contributed by atoms with Crippen molar-refractivity contribution in [1.29, 1.82) is 0 Å². The second-order valence-corrected chi connectivity index (χ2v) is 5.49. The molecule has 8 nitrogen and oxygen atoms in total. The monoisotopic (exact) mass is 370 g/mol. The van der Waals surface area contributed by atoms with E-state index in [9.17, 15) is 19.7 Å². The Labute approximate surface area is 155 Å². The van der Waals surface area contributed by atoms with Crippen molar-refractivity contribution in [2.75, 3.05) is 19.0 Å². The minimum Gasteiger partial charge on any atom is -0.497 e. The largest absolute Gasteiger partial charge is 0.497 e. The van der Waals surface area contributed by atoms with E-state index in [1.165, 1.54) is 31.4 Å². The van der Waals surface area contributed by atoms with Gasteiger partial charge in [0.15, 0.2) is 6.61 Å². The third-order valence-corrected chi connectivity index (χ3v) is 3.56. The fourth-order valence-corrected chi connectivity index (χ4v) is 2.24. The van der Waals surface area contributed by atoms with Gasteiger partial charge in [-0.3, -0.25) is 14.9 Å². The van der Waals surface area contributed by atoms with E-state index < -0.39 is 23.4 Å². The number of anilines is 1. The lowest BCUT2D eigenvalue weighted by atomic mass is 10.1. The summed E-state index contributed by atoms with van der Waals surface area (Å²) in [5.41, 5.74) is 1.11. The molecule has 0 radical (unpaired) electrons. The molecule has 8 heteroatoms. The van der Waals surface area contributed by atoms with Gasteiger partial charge >= 0.3 is 5.97 Å². The van der Waals surface area contributed by atoms with Gasteiger partial charge in [-0.1, -0.05) is 24.3 Å². The van der Waals surface area contributed by atoms with Crippen molar-refractivity contribution in [2.24, 2.45) is 0 Å². The van der Waals surface area contributed by atoms with Crippen LogP contribution in [-0.2, 0) is 14.3 Å². The Bertz CT molecular complexity index is 892. The average Bonchev–Trinajstić information content (AvgIpc) is 2.66. The fourth-order valence-electron chi connectivity index (χ4n) is 2.24. The quantitative estimate of drug-likeness (QED) is 0.347. The summed E-state index contributed by atoms with van der Waals surface area (Å²) in [6.07, 6.45) is 2.70. The molecule has 0 unspecified atom stereocenters. The van der Waals surface area contributed by atoms with Crippen LogP contribution in [0, 0.1) is 17.0 Å². The molecule has 0 aliphatic carbocycles. The number of hydrogen-bond donors (Lipinski definition) is 1. The summed E-state index contributed by atoms with van der Waals surface area (Å²) < 4.78 is 9.94. The summed E-state index contributed by atoms with van der Waals surface area (Å²) >= 11 is 0. The molecule has 27 heavy (non-hydrogen) atoms. The Balaban J connectivity index is 1.93. The highest BCUT2D eigenvalue weighted by Gasteiger charge is 2.18. The number of nitrogens with one attached hydrogen (secondary N) is 1. The number of aryl methyl sites for hydroxylation is 1. The van der Waals surface area contributed by atoms with Gasteiger partial charge in [0.2, 0.25) is 0 Å². The first-order valence-corrected chi connectivity index (χ1v) is 7.93. The van der Waals surface area contributed by atoms with Crippen LogP contribution in [0.5, 0.6) is 5.75 Å². The van der Waals surface area contributed by atoms with E-state index in [-0.39, 0.29) is 11.4 Å². The maximum Gasteiger partial charge on any atom is 0.331 e. The molecule has 0 spiro atoms. The number of nitro benzene ring substituents is 1. The number of carbonyl (C=O) groups excluding carboxylic acids is 2. The number of carbonyl (C=O) groups is 2. The normalized spacial score (nSPS) is 10.4. The number of para-hydroxylation sites is 1. The van der Waals surface area contributed by atoms with Crippen molar-refractivity contribution in [3.63, 3.8) is 0 Å². The molecular formula is C19H18N2O6. The smallest absolute Gasteiger partial charge is 0.331 e. The minimum atomic E-state index is -0.716. The first kappa shape index (κ1) is 19.6. The molecule has 1 amide bonds. The first-order valence-electron chi connectivity index (χ1n) is 7.93.